The molecule has 0 radical (unpaired) electrons. The fourth-order valence-electron chi connectivity index (χ4n) is 8.06. The molecule has 0 aromatic heterocycles. The molecule has 76 heavy (non-hydrogen) atoms. The summed E-state index contributed by atoms with van der Waals surface area (Å²) in [5.41, 5.74) is 22.0. The monoisotopic (exact) mass is 1100 g/mol. The van der Waals surface area contributed by atoms with E-state index in [2.05, 4.69) is 36.4 Å². The topological polar surface area (TPSA) is 512 Å². The number of phosphoric ester groups is 1. The fourth-order valence-corrected chi connectivity index (χ4v) is 8.45. The zero-order chi connectivity index (χ0) is 57.0. The summed E-state index contributed by atoms with van der Waals surface area (Å²) in [5.74, 6) is -13.1. The molecule has 0 unspecified atom stereocenters. The SMILES string of the molecule is C[C@H](NC(=O)[C@@H]1CCCN1C(=O)[C@H](CCC(N)=O)NC(=O)[C@@H]1CCCN1C(=O)[C@H](CCC(N)=O)NC(=O)[C@H](Cc1ccc(OP(=O)(O)O)cc1)NC(=O)[C@H](CCC(N)=O)NC(=O)CNC(=O)[C@@H](N)CCC(=O)O)C(=O)O. The highest BCUT2D eigenvalue weighted by molar-refractivity contribution is 7.46. The molecule has 31 nitrogen and oxygen atoms in total. The number of nitrogens with two attached hydrogens (primary N) is 4. The summed E-state index contributed by atoms with van der Waals surface area (Å²) in [4.78, 5) is 188. The van der Waals surface area contributed by atoms with Crippen molar-refractivity contribution in [3.8, 4) is 5.75 Å². The first kappa shape index (κ1) is 62.5. The Morgan fingerprint density at radius 3 is 1.57 bits per heavy atom. The molecule has 0 spiro atoms. The van der Waals surface area contributed by atoms with Gasteiger partial charge in [0.05, 0.1) is 12.6 Å². The van der Waals surface area contributed by atoms with Gasteiger partial charge in [0.1, 0.15) is 48.0 Å². The summed E-state index contributed by atoms with van der Waals surface area (Å²) in [6, 6.07) is -6.81. The van der Waals surface area contributed by atoms with Gasteiger partial charge in [0.2, 0.25) is 65.0 Å². The quantitative estimate of drug-likeness (QED) is 0.0308. The Morgan fingerprint density at radius 2 is 1.09 bits per heavy atom. The van der Waals surface area contributed by atoms with E-state index >= 15 is 0 Å². The lowest BCUT2D eigenvalue weighted by atomic mass is 10.0. The molecule has 2 aliphatic rings. The zero-order valence-corrected chi connectivity index (χ0v) is 42.2. The molecule has 2 heterocycles. The zero-order valence-electron chi connectivity index (χ0n) is 41.3. The Hall–Kier alpha value is -7.76. The Balaban J connectivity index is 1.94. The van der Waals surface area contributed by atoms with Crippen LogP contribution in [0.1, 0.15) is 89.5 Å². The van der Waals surface area contributed by atoms with Gasteiger partial charge >= 0.3 is 19.8 Å². The molecule has 2 aliphatic heterocycles. The highest BCUT2D eigenvalue weighted by atomic mass is 31.2. The summed E-state index contributed by atoms with van der Waals surface area (Å²) < 4.78 is 16.0. The van der Waals surface area contributed by atoms with Crippen molar-refractivity contribution in [1.82, 2.24) is 41.7 Å². The van der Waals surface area contributed by atoms with Crippen LogP contribution < -0.4 is 59.4 Å². The van der Waals surface area contributed by atoms with Crippen LogP contribution in [-0.4, -0.2) is 175 Å². The maximum absolute atomic E-state index is 14.5. The van der Waals surface area contributed by atoms with Crippen LogP contribution in [0.4, 0.5) is 0 Å². The number of benzene rings is 1. The lowest BCUT2D eigenvalue weighted by Crippen LogP contribution is -2.60. The number of carboxylic acid groups (broad SMARTS) is 2. The van der Waals surface area contributed by atoms with Crippen LogP contribution in [0, 0.1) is 0 Å². The summed E-state index contributed by atoms with van der Waals surface area (Å²) in [6.45, 7) is 0.367. The number of amides is 11. The first-order valence-corrected chi connectivity index (χ1v) is 25.4. The van der Waals surface area contributed by atoms with Crippen LogP contribution in [0.25, 0.3) is 0 Å². The van der Waals surface area contributed by atoms with Crippen molar-refractivity contribution in [3.63, 3.8) is 0 Å². The minimum absolute atomic E-state index is 0.00659. The average molecular weight is 1100 g/mol. The third-order valence-electron chi connectivity index (χ3n) is 12.0. The van der Waals surface area contributed by atoms with E-state index in [0.717, 1.165) is 21.9 Å². The maximum atomic E-state index is 14.5. The van der Waals surface area contributed by atoms with Crippen molar-refractivity contribution in [2.75, 3.05) is 19.6 Å². The number of hydrogen-bond donors (Lipinski definition) is 14. The molecule has 2 saturated heterocycles. The molecule has 11 amide bonds. The molecule has 0 aliphatic carbocycles. The number of aliphatic carboxylic acids is 2. The van der Waals surface area contributed by atoms with Crippen molar-refractivity contribution >= 4 is 84.7 Å². The van der Waals surface area contributed by atoms with E-state index in [1.165, 1.54) is 19.1 Å². The minimum Gasteiger partial charge on any atom is -0.481 e. The molecule has 32 heteroatoms. The van der Waals surface area contributed by atoms with E-state index in [0.29, 0.717) is 6.42 Å². The van der Waals surface area contributed by atoms with Crippen LogP contribution in [0.15, 0.2) is 24.3 Å². The normalized spacial score (nSPS) is 17.5. The van der Waals surface area contributed by atoms with E-state index < -0.39 is 185 Å². The smallest absolute Gasteiger partial charge is 0.481 e. The number of nitrogens with one attached hydrogen (secondary N) is 6. The second-order valence-corrected chi connectivity index (χ2v) is 19.1. The molecule has 1 aromatic carbocycles. The van der Waals surface area contributed by atoms with Gasteiger partial charge in [0.25, 0.3) is 0 Å². The lowest BCUT2D eigenvalue weighted by Gasteiger charge is -2.32. The maximum Gasteiger partial charge on any atom is 0.524 e. The van der Waals surface area contributed by atoms with Crippen LogP contribution >= 0.6 is 7.82 Å². The molecular formula is C44H65N12O19P. The molecule has 420 valence electrons. The van der Waals surface area contributed by atoms with E-state index in [1.807, 2.05) is 0 Å². The highest BCUT2D eigenvalue weighted by Crippen LogP contribution is 2.37. The molecule has 0 bridgehead atoms. The summed E-state index contributed by atoms with van der Waals surface area (Å²) in [5, 5.41) is 32.4. The van der Waals surface area contributed by atoms with Gasteiger partial charge in [-0.3, -0.25) is 72.1 Å². The van der Waals surface area contributed by atoms with Gasteiger partial charge in [0, 0.05) is 45.2 Å². The van der Waals surface area contributed by atoms with Gasteiger partial charge in [-0.25, -0.2) is 4.57 Å². The van der Waals surface area contributed by atoms with E-state index in [-0.39, 0.29) is 56.5 Å². The van der Waals surface area contributed by atoms with Crippen molar-refractivity contribution in [3.05, 3.63) is 29.8 Å². The van der Waals surface area contributed by atoms with Crippen LogP contribution in [0.3, 0.4) is 0 Å². The second-order valence-electron chi connectivity index (χ2n) is 18.0. The molecule has 0 saturated carbocycles. The number of rotatable bonds is 31. The molecule has 8 atom stereocenters. The van der Waals surface area contributed by atoms with Gasteiger partial charge in [-0.05, 0) is 76.0 Å². The van der Waals surface area contributed by atoms with Crippen LogP contribution in [0.2, 0.25) is 0 Å². The number of primary amides is 3. The molecule has 1 aromatic rings. The van der Waals surface area contributed by atoms with Crippen molar-refractivity contribution in [1.29, 1.82) is 0 Å². The van der Waals surface area contributed by atoms with Crippen molar-refractivity contribution in [2.24, 2.45) is 22.9 Å². The highest BCUT2D eigenvalue weighted by Gasteiger charge is 2.42. The van der Waals surface area contributed by atoms with Gasteiger partial charge in [-0.2, -0.15) is 0 Å². The second kappa shape index (κ2) is 29.4. The first-order valence-electron chi connectivity index (χ1n) is 23.8. The van der Waals surface area contributed by atoms with Crippen molar-refractivity contribution < 1.29 is 91.4 Å². The third kappa shape index (κ3) is 20.9. The van der Waals surface area contributed by atoms with Gasteiger partial charge in [-0.1, -0.05) is 12.1 Å². The largest absolute Gasteiger partial charge is 0.524 e. The number of nitrogens with zero attached hydrogens (tertiary/aromatic N) is 2. The number of hydrogen-bond acceptors (Lipinski definition) is 16. The summed E-state index contributed by atoms with van der Waals surface area (Å²) >= 11 is 0. The fraction of sp³-hybridized carbons (Fsp3) is 0.568. The lowest BCUT2D eigenvalue weighted by molar-refractivity contribution is -0.145. The van der Waals surface area contributed by atoms with Crippen molar-refractivity contribution in [2.45, 2.75) is 139 Å². The van der Waals surface area contributed by atoms with Crippen LogP contribution in [0.5, 0.6) is 5.75 Å². The van der Waals surface area contributed by atoms with Gasteiger partial charge in [-0.15, -0.1) is 0 Å². The molecule has 2 fully saturated rings. The number of carboxylic acids is 2. The summed E-state index contributed by atoms with van der Waals surface area (Å²) in [6.07, 6.45) is -3.18. The first-order chi connectivity index (χ1) is 35.6. The molecule has 18 N–H and O–H groups in total. The minimum atomic E-state index is -5.01. The number of carbonyl (C=O) groups excluding carboxylic acids is 11. The van der Waals surface area contributed by atoms with E-state index in [9.17, 15) is 81.8 Å². The Morgan fingerprint density at radius 1 is 0.632 bits per heavy atom. The van der Waals surface area contributed by atoms with E-state index in [1.54, 1.807) is 0 Å². The number of carbonyl (C=O) groups is 13. The Bertz CT molecular complexity index is 2400. The Kier molecular flexibility index (Phi) is 24.2. The number of phosphoric acid groups is 1. The Labute approximate surface area is 433 Å². The predicted molar refractivity (Wildman–Crippen MR) is 258 cm³/mol. The summed E-state index contributed by atoms with van der Waals surface area (Å²) in [7, 11) is -5.01. The molecular weight excluding hydrogens is 1030 g/mol. The average Bonchev–Trinajstić information content (AvgIpc) is 4.04. The van der Waals surface area contributed by atoms with Gasteiger partial charge in [0.15, 0.2) is 0 Å². The predicted octanol–water partition coefficient (Wildman–Crippen LogP) is -5.68. The molecule has 3 rings (SSSR count). The third-order valence-corrected chi connectivity index (χ3v) is 12.4. The standard InChI is InChI=1S/C44H65N12O19P/c1-22(44(70)71)50-40(66)30-4-2-18-55(30)43(69)28(13-16-34(48)59)53-41(67)31-5-3-19-56(31)42(68)27(12-15-33(47)58)52-39(65)29(20-23-6-8-24(9-7-23)75-76(72,73)74)54-38(64)26(11-14-32(46)57)51-35(60)21-49-37(63)25(45)10-17-36(61)62/h6-9,22,25-31H,2-5,10-21,45H2,1H3,(H2,46,57)(H2,47,58)(H2,48,59)(H,49,63)(H,50,66)(H,51,60)(H,52,65)(H,53,67)(H,54,64)(H,61,62)(H,70,71)(H2,72,73,74)/t22-,25-,26-,27-,28-,29-,30-,31-/m0/s1. The number of likely N-dealkylation sites (tertiary alicyclic amines) is 2. The van der Waals surface area contributed by atoms with Crippen LogP contribution in [-0.2, 0) is 73.3 Å². The van der Waals surface area contributed by atoms with E-state index in [4.69, 9.17) is 28.0 Å². The van der Waals surface area contributed by atoms with Gasteiger partial charge < -0.3 is 79.4 Å².